The number of phenolic OH excluding ortho intramolecular Hbond substituents is 1. The third-order valence-corrected chi connectivity index (χ3v) is 3.17. The van der Waals surface area contributed by atoms with Gasteiger partial charge in [-0.05, 0) is 31.0 Å². The van der Waals surface area contributed by atoms with Crippen LogP contribution in [0.4, 0.5) is 0 Å². The van der Waals surface area contributed by atoms with E-state index in [1.807, 2.05) is 0 Å². The van der Waals surface area contributed by atoms with Gasteiger partial charge in [0.05, 0.1) is 6.21 Å². The van der Waals surface area contributed by atoms with E-state index in [4.69, 9.17) is 11.6 Å². The molecule has 0 aliphatic carbocycles. The molecule has 0 spiro atoms. The summed E-state index contributed by atoms with van der Waals surface area (Å²) >= 11 is 5.88. The van der Waals surface area contributed by atoms with Gasteiger partial charge in [-0.2, -0.15) is 5.10 Å². The van der Waals surface area contributed by atoms with Gasteiger partial charge in [0.25, 0.3) is 0 Å². The maximum atomic E-state index is 9.65. The van der Waals surface area contributed by atoms with Crippen molar-refractivity contribution in [2.45, 2.75) is 25.7 Å². The van der Waals surface area contributed by atoms with Gasteiger partial charge in [0.2, 0.25) is 0 Å². The number of benzene rings is 1. The molecular formula is C13H17ClN2O. The molecule has 0 unspecified atom stereocenters. The SMILES string of the molecule is Oc1ccc(Cl)cc1/C=N/N1CCCCCC1. The molecule has 1 aliphatic rings. The second kappa shape index (κ2) is 5.92. The fraction of sp³-hybridized carbons (Fsp3) is 0.462. The molecule has 1 aromatic carbocycles. The maximum absolute atomic E-state index is 9.65. The highest BCUT2D eigenvalue weighted by atomic mass is 35.5. The minimum atomic E-state index is 0.216. The van der Waals surface area contributed by atoms with Gasteiger partial charge in [0, 0.05) is 23.7 Å². The normalized spacial score (nSPS) is 17.4. The third-order valence-electron chi connectivity index (χ3n) is 2.93. The van der Waals surface area contributed by atoms with Crippen molar-refractivity contribution >= 4 is 17.8 Å². The number of hydrogen-bond donors (Lipinski definition) is 1. The molecule has 0 radical (unpaired) electrons. The van der Waals surface area contributed by atoms with Crippen molar-refractivity contribution in [2.75, 3.05) is 13.1 Å². The van der Waals surface area contributed by atoms with Crippen molar-refractivity contribution in [3.63, 3.8) is 0 Å². The van der Waals surface area contributed by atoms with Gasteiger partial charge in [-0.3, -0.25) is 5.01 Å². The Morgan fingerprint density at radius 1 is 1.18 bits per heavy atom. The summed E-state index contributed by atoms with van der Waals surface area (Å²) in [5.74, 6) is 0.216. The highest BCUT2D eigenvalue weighted by molar-refractivity contribution is 6.30. The summed E-state index contributed by atoms with van der Waals surface area (Å²) in [5.41, 5.74) is 0.668. The van der Waals surface area contributed by atoms with Crippen LogP contribution in [0.3, 0.4) is 0 Å². The fourth-order valence-electron chi connectivity index (χ4n) is 1.94. The largest absolute Gasteiger partial charge is 0.507 e. The summed E-state index contributed by atoms with van der Waals surface area (Å²) in [6, 6.07) is 4.98. The van der Waals surface area contributed by atoms with Gasteiger partial charge in [-0.1, -0.05) is 24.4 Å². The summed E-state index contributed by atoms with van der Waals surface area (Å²) < 4.78 is 0. The molecule has 0 saturated carbocycles. The maximum Gasteiger partial charge on any atom is 0.124 e. The fourth-order valence-corrected chi connectivity index (χ4v) is 2.12. The molecule has 4 heteroatoms. The summed E-state index contributed by atoms with van der Waals surface area (Å²) in [5, 5.41) is 16.7. The second-order valence-electron chi connectivity index (χ2n) is 4.32. The molecule has 0 atom stereocenters. The van der Waals surface area contributed by atoms with E-state index in [0.29, 0.717) is 10.6 Å². The van der Waals surface area contributed by atoms with Crippen molar-refractivity contribution in [2.24, 2.45) is 5.10 Å². The zero-order valence-electron chi connectivity index (χ0n) is 9.77. The van der Waals surface area contributed by atoms with E-state index in [1.54, 1.807) is 24.4 Å². The zero-order valence-corrected chi connectivity index (χ0v) is 10.5. The molecule has 1 heterocycles. The number of halogens is 1. The van der Waals surface area contributed by atoms with E-state index >= 15 is 0 Å². The molecule has 92 valence electrons. The van der Waals surface area contributed by atoms with Crippen LogP contribution in [-0.4, -0.2) is 29.4 Å². The van der Waals surface area contributed by atoms with Gasteiger partial charge >= 0.3 is 0 Å². The Hall–Kier alpha value is -1.22. The molecule has 1 fully saturated rings. The lowest BCUT2D eigenvalue weighted by atomic mass is 10.2. The van der Waals surface area contributed by atoms with E-state index in [9.17, 15) is 5.11 Å². The molecule has 0 aromatic heterocycles. The van der Waals surface area contributed by atoms with Gasteiger partial charge in [0.1, 0.15) is 5.75 Å². The van der Waals surface area contributed by atoms with Gasteiger partial charge in [0.15, 0.2) is 0 Å². The number of nitrogens with zero attached hydrogens (tertiary/aromatic N) is 2. The Morgan fingerprint density at radius 2 is 1.88 bits per heavy atom. The molecule has 1 aromatic rings. The molecule has 3 nitrogen and oxygen atoms in total. The van der Waals surface area contributed by atoms with Crippen molar-refractivity contribution in [1.29, 1.82) is 0 Å². The lowest BCUT2D eigenvalue weighted by Crippen LogP contribution is -2.18. The van der Waals surface area contributed by atoms with Crippen molar-refractivity contribution < 1.29 is 5.11 Å². The van der Waals surface area contributed by atoms with Crippen LogP contribution in [-0.2, 0) is 0 Å². The molecule has 0 bridgehead atoms. The first-order chi connectivity index (χ1) is 8.25. The van der Waals surface area contributed by atoms with Crippen LogP contribution in [0, 0.1) is 0 Å². The van der Waals surface area contributed by atoms with E-state index in [-0.39, 0.29) is 5.75 Å². The van der Waals surface area contributed by atoms with Crippen LogP contribution in [0.15, 0.2) is 23.3 Å². The Labute approximate surface area is 107 Å². The van der Waals surface area contributed by atoms with Crippen LogP contribution in [0.1, 0.15) is 31.2 Å². The highest BCUT2D eigenvalue weighted by Crippen LogP contribution is 2.20. The van der Waals surface area contributed by atoms with Crippen LogP contribution in [0.25, 0.3) is 0 Å². The second-order valence-corrected chi connectivity index (χ2v) is 4.75. The summed E-state index contributed by atoms with van der Waals surface area (Å²) in [6.07, 6.45) is 6.65. The van der Waals surface area contributed by atoms with Crippen LogP contribution >= 0.6 is 11.6 Å². The van der Waals surface area contributed by atoms with Crippen LogP contribution in [0.2, 0.25) is 5.02 Å². The first-order valence-corrected chi connectivity index (χ1v) is 6.41. The minimum absolute atomic E-state index is 0.216. The molecule has 1 aliphatic heterocycles. The minimum Gasteiger partial charge on any atom is -0.507 e. The van der Waals surface area contributed by atoms with Gasteiger partial charge in [-0.25, -0.2) is 0 Å². The predicted octanol–water partition coefficient (Wildman–Crippen LogP) is 3.26. The highest BCUT2D eigenvalue weighted by Gasteiger charge is 2.06. The van der Waals surface area contributed by atoms with Gasteiger partial charge < -0.3 is 5.11 Å². The van der Waals surface area contributed by atoms with Crippen molar-refractivity contribution in [3.8, 4) is 5.75 Å². The monoisotopic (exact) mass is 252 g/mol. The lowest BCUT2D eigenvalue weighted by molar-refractivity contribution is 0.302. The standard InChI is InChI=1S/C13H17ClN2O/c14-12-5-6-13(17)11(9-12)10-15-16-7-3-1-2-4-8-16/h5-6,9-10,17H,1-4,7-8H2/b15-10+. The van der Waals surface area contributed by atoms with Crippen molar-refractivity contribution in [3.05, 3.63) is 28.8 Å². The van der Waals surface area contributed by atoms with Crippen LogP contribution < -0.4 is 0 Å². The quantitative estimate of drug-likeness (QED) is 0.820. The first-order valence-electron chi connectivity index (χ1n) is 6.03. The predicted molar refractivity (Wildman–Crippen MR) is 70.8 cm³/mol. The molecule has 0 amide bonds. The summed E-state index contributed by atoms with van der Waals surface area (Å²) in [7, 11) is 0. The average Bonchev–Trinajstić information content (AvgIpc) is 2.59. The lowest BCUT2D eigenvalue weighted by Gasteiger charge is -2.15. The van der Waals surface area contributed by atoms with E-state index < -0.39 is 0 Å². The smallest absolute Gasteiger partial charge is 0.124 e. The molecule has 1 saturated heterocycles. The molecule has 1 N–H and O–H groups in total. The van der Waals surface area contributed by atoms with Crippen molar-refractivity contribution in [1.82, 2.24) is 5.01 Å². The number of aromatic hydroxyl groups is 1. The zero-order chi connectivity index (χ0) is 12.1. The van der Waals surface area contributed by atoms with E-state index in [1.165, 1.54) is 25.7 Å². The summed E-state index contributed by atoms with van der Waals surface area (Å²) in [6.45, 7) is 2.00. The number of hydrazone groups is 1. The molecule has 2 rings (SSSR count). The Morgan fingerprint density at radius 3 is 2.59 bits per heavy atom. The molecular weight excluding hydrogens is 236 g/mol. The average molecular weight is 253 g/mol. The first kappa shape index (κ1) is 12.2. The number of rotatable bonds is 2. The third kappa shape index (κ3) is 3.63. The van der Waals surface area contributed by atoms with E-state index in [2.05, 4.69) is 10.1 Å². The van der Waals surface area contributed by atoms with E-state index in [0.717, 1.165) is 13.1 Å². The van der Waals surface area contributed by atoms with Gasteiger partial charge in [-0.15, -0.1) is 0 Å². The topological polar surface area (TPSA) is 35.8 Å². The summed E-state index contributed by atoms with van der Waals surface area (Å²) in [4.78, 5) is 0. The Balaban J connectivity index is 2.05. The number of phenols is 1. The van der Waals surface area contributed by atoms with Crippen LogP contribution in [0.5, 0.6) is 5.75 Å². The Bertz CT molecular complexity index is 398. The Kier molecular flexibility index (Phi) is 4.26. The number of hydrogen-bond acceptors (Lipinski definition) is 3. The molecule has 17 heavy (non-hydrogen) atoms.